The Labute approximate surface area is 205 Å². The van der Waals surface area contributed by atoms with Gasteiger partial charge in [-0.25, -0.2) is 23.9 Å². The molecule has 1 aliphatic heterocycles. The molecule has 1 aliphatic rings. The number of benzene rings is 3. The van der Waals surface area contributed by atoms with Crippen LogP contribution in [0.4, 0.5) is 16.0 Å². The predicted octanol–water partition coefficient (Wildman–Crippen LogP) is 5.41. The Morgan fingerprint density at radius 1 is 0.861 bits per heavy atom. The van der Waals surface area contributed by atoms with Gasteiger partial charge < -0.3 is 15.5 Å². The summed E-state index contributed by atoms with van der Waals surface area (Å²) in [5, 5.41) is 21.7. The fourth-order valence-electron chi connectivity index (χ4n) is 3.85. The zero-order chi connectivity index (χ0) is 24.5. The molecule has 0 spiro atoms. The second-order valence-electron chi connectivity index (χ2n) is 7.79. The second-order valence-corrected chi connectivity index (χ2v) is 7.79. The Kier molecular flexibility index (Phi) is 6.56. The van der Waals surface area contributed by atoms with E-state index in [4.69, 9.17) is 5.11 Å². The van der Waals surface area contributed by atoms with E-state index in [0.29, 0.717) is 33.8 Å². The molecular formula is C27H21FN4O4. The third-order valence-corrected chi connectivity index (χ3v) is 5.57. The van der Waals surface area contributed by atoms with Gasteiger partial charge in [-0.15, -0.1) is 0 Å². The van der Waals surface area contributed by atoms with Crippen molar-refractivity contribution in [2.75, 3.05) is 5.32 Å². The monoisotopic (exact) mass is 484 g/mol. The van der Waals surface area contributed by atoms with Crippen LogP contribution in [-0.2, 0) is 6.54 Å². The molecule has 0 fully saturated rings. The first-order valence-electron chi connectivity index (χ1n) is 10.5. The molecule has 0 atom stereocenters. The van der Waals surface area contributed by atoms with Gasteiger partial charge in [-0.3, -0.25) is 4.99 Å². The summed E-state index contributed by atoms with van der Waals surface area (Å²) in [4.78, 5) is 36.3. The molecule has 3 aromatic carbocycles. The highest BCUT2D eigenvalue weighted by Crippen LogP contribution is 2.33. The molecule has 8 nitrogen and oxygen atoms in total. The third-order valence-electron chi connectivity index (χ3n) is 5.57. The quantitative estimate of drug-likeness (QED) is 0.346. The molecule has 0 unspecified atom stereocenters. The van der Waals surface area contributed by atoms with Crippen LogP contribution in [0.1, 0.15) is 44.8 Å². The van der Waals surface area contributed by atoms with Gasteiger partial charge in [-0.1, -0.05) is 25.6 Å². The van der Waals surface area contributed by atoms with Crippen LogP contribution in [0.3, 0.4) is 0 Å². The second kappa shape index (κ2) is 9.75. The van der Waals surface area contributed by atoms with Gasteiger partial charge in [-0.05, 0) is 48.5 Å². The van der Waals surface area contributed by atoms with E-state index >= 15 is 0 Å². The van der Waals surface area contributed by atoms with E-state index in [1.165, 1.54) is 30.3 Å². The topological polar surface area (TPSA) is 125 Å². The van der Waals surface area contributed by atoms with E-state index in [9.17, 15) is 19.1 Å². The lowest BCUT2D eigenvalue weighted by molar-refractivity contribution is 0.0686. The summed E-state index contributed by atoms with van der Waals surface area (Å²) in [6.07, 6.45) is 1.61. The van der Waals surface area contributed by atoms with Crippen LogP contribution in [0.25, 0.3) is 11.3 Å². The largest absolute Gasteiger partial charge is 0.478 e. The van der Waals surface area contributed by atoms with Crippen molar-refractivity contribution < 1.29 is 24.2 Å². The summed E-state index contributed by atoms with van der Waals surface area (Å²) in [6.45, 7) is 0.170. The van der Waals surface area contributed by atoms with Crippen molar-refractivity contribution in [3.8, 4) is 11.3 Å². The summed E-state index contributed by atoms with van der Waals surface area (Å²) >= 11 is 0. The molecule has 5 rings (SSSR count). The fourth-order valence-corrected chi connectivity index (χ4v) is 3.85. The minimum atomic E-state index is -1.11. The molecule has 4 aromatic rings. The number of halogens is 1. The van der Waals surface area contributed by atoms with Crippen LogP contribution in [0, 0.1) is 5.82 Å². The van der Waals surface area contributed by atoms with E-state index in [-0.39, 0.29) is 36.6 Å². The minimum Gasteiger partial charge on any atom is -0.478 e. The highest BCUT2D eigenvalue weighted by atomic mass is 19.1. The number of aromatic nitrogens is 2. The number of hydrogen-bond donors (Lipinski definition) is 3. The van der Waals surface area contributed by atoms with Crippen LogP contribution >= 0.6 is 0 Å². The van der Waals surface area contributed by atoms with Gasteiger partial charge in [0.1, 0.15) is 5.82 Å². The first-order chi connectivity index (χ1) is 16.9. The minimum absolute atomic E-state index is 0. The van der Waals surface area contributed by atoms with Gasteiger partial charge in [0.25, 0.3) is 0 Å². The molecule has 3 N–H and O–H groups in total. The number of aromatic carboxylic acids is 2. The Balaban J connectivity index is 0.00000304. The van der Waals surface area contributed by atoms with Crippen LogP contribution in [0.15, 0.2) is 77.9 Å². The Morgan fingerprint density at radius 2 is 1.56 bits per heavy atom. The summed E-state index contributed by atoms with van der Waals surface area (Å²) in [5.41, 5.74) is 3.64. The van der Waals surface area contributed by atoms with Crippen LogP contribution in [-0.4, -0.2) is 37.8 Å². The number of carbonyl (C=O) groups is 2. The summed E-state index contributed by atoms with van der Waals surface area (Å²) in [5.74, 6) is -2.35. The highest BCUT2D eigenvalue weighted by molar-refractivity contribution is 6.17. The lowest BCUT2D eigenvalue weighted by atomic mass is 9.93. The van der Waals surface area contributed by atoms with Crippen molar-refractivity contribution in [1.82, 2.24) is 9.97 Å². The van der Waals surface area contributed by atoms with E-state index in [2.05, 4.69) is 20.3 Å². The maximum absolute atomic E-state index is 14.7. The van der Waals surface area contributed by atoms with Crippen LogP contribution in [0.2, 0.25) is 0 Å². The summed E-state index contributed by atoms with van der Waals surface area (Å²) in [6, 6.07) is 16.9. The van der Waals surface area contributed by atoms with E-state index < -0.39 is 17.8 Å². The van der Waals surface area contributed by atoms with Gasteiger partial charge >= 0.3 is 11.9 Å². The highest BCUT2D eigenvalue weighted by Gasteiger charge is 2.24. The number of aliphatic imine (C=N–C) groups is 1. The zero-order valence-corrected chi connectivity index (χ0v) is 18.1. The Hall–Kier alpha value is -4.92. The predicted molar refractivity (Wildman–Crippen MR) is 134 cm³/mol. The van der Waals surface area contributed by atoms with Crippen molar-refractivity contribution in [2.24, 2.45) is 4.99 Å². The number of rotatable bonds is 5. The lowest BCUT2D eigenvalue weighted by Crippen LogP contribution is -2.09. The van der Waals surface area contributed by atoms with Gasteiger partial charge in [0.15, 0.2) is 0 Å². The molecular weight excluding hydrogens is 463 g/mol. The average Bonchev–Trinajstić information content (AvgIpc) is 3.01. The first kappa shape index (κ1) is 24.2. The van der Waals surface area contributed by atoms with Gasteiger partial charge in [0.2, 0.25) is 5.95 Å². The van der Waals surface area contributed by atoms with E-state index in [1.54, 1.807) is 42.6 Å². The molecule has 1 aromatic heterocycles. The molecule has 0 saturated heterocycles. The Bertz CT molecular complexity index is 1520. The Morgan fingerprint density at radius 3 is 2.25 bits per heavy atom. The van der Waals surface area contributed by atoms with Gasteiger partial charge in [-0.2, -0.15) is 0 Å². The number of carboxylic acids is 2. The number of anilines is 2. The van der Waals surface area contributed by atoms with Crippen molar-refractivity contribution in [3.63, 3.8) is 0 Å². The van der Waals surface area contributed by atoms with Gasteiger partial charge in [0.05, 0.1) is 29.1 Å². The normalized spacial score (nSPS) is 11.8. The number of nitrogens with zero attached hydrogens (tertiary/aromatic N) is 3. The van der Waals surface area contributed by atoms with Crippen molar-refractivity contribution in [2.45, 2.75) is 14.0 Å². The van der Waals surface area contributed by atoms with Crippen LogP contribution < -0.4 is 5.32 Å². The van der Waals surface area contributed by atoms with E-state index in [1.807, 2.05) is 0 Å². The molecule has 9 heteroatoms. The SMILES string of the molecule is C.O=C(O)c1ccc(Nc2ncc3c(n2)-c2ccc(C(=O)O)cc2C(c2ccccc2F)=NC3)cc1. The number of carboxylic acid groups (broad SMARTS) is 2. The molecule has 36 heavy (non-hydrogen) atoms. The molecule has 0 amide bonds. The molecule has 0 aliphatic carbocycles. The lowest BCUT2D eigenvalue weighted by Gasteiger charge is -2.13. The van der Waals surface area contributed by atoms with Crippen molar-refractivity contribution in [1.29, 1.82) is 0 Å². The molecule has 2 heterocycles. The van der Waals surface area contributed by atoms with Crippen molar-refractivity contribution in [3.05, 3.63) is 107 Å². The maximum Gasteiger partial charge on any atom is 0.335 e. The molecule has 0 radical (unpaired) electrons. The number of fused-ring (bicyclic) bond motifs is 3. The number of hydrogen-bond acceptors (Lipinski definition) is 6. The molecule has 0 saturated carbocycles. The maximum atomic E-state index is 14.7. The standard InChI is InChI=1S/C26H17FN4O4.CH4/c27-21-4-2-1-3-19(21)23-20-11-15(25(34)35)7-10-18(20)22-16(12-28-23)13-29-26(31-22)30-17-8-5-14(6-9-17)24(32)33;/h1-11,13H,12H2,(H,32,33)(H,34,35)(H,29,30,31);1H4. The molecule has 180 valence electrons. The smallest absolute Gasteiger partial charge is 0.335 e. The molecule has 0 bridgehead atoms. The summed E-state index contributed by atoms with van der Waals surface area (Å²) in [7, 11) is 0. The number of nitrogens with one attached hydrogen (secondary N) is 1. The average molecular weight is 484 g/mol. The van der Waals surface area contributed by atoms with Crippen molar-refractivity contribution >= 4 is 29.3 Å². The van der Waals surface area contributed by atoms with Gasteiger partial charge in [0, 0.05) is 34.1 Å². The van der Waals surface area contributed by atoms with Crippen LogP contribution in [0.5, 0.6) is 0 Å². The fraction of sp³-hybridized carbons (Fsp3) is 0.0741. The summed E-state index contributed by atoms with van der Waals surface area (Å²) < 4.78 is 14.7. The van der Waals surface area contributed by atoms with E-state index in [0.717, 1.165) is 0 Å². The third kappa shape index (κ3) is 4.54. The zero-order valence-electron chi connectivity index (χ0n) is 18.1. The first-order valence-corrected chi connectivity index (χ1v) is 10.5.